The van der Waals surface area contributed by atoms with Crippen molar-refractivity contribution < 1.29 is 13.9 Å². The van der Waals surface area contributed by atoms with Crippen molar-refractivity contribution >= 4 is 11.6 Å². The van der Waals surface area contributed by atoms with E-state index in [1.807, 2.05) is 12.1 Å². The summed E-state index contributed by atoms with van der Waals surface area (Å²) in [6, 6.07) is 11.5. The Hall–Kier alpha value is -2.56. The number of hydrogen-bond acceptors (Lipinski definition) is 3. The molecule has 2 rings (SSSR count). The number of hydrogen-bond donors (Lipinski definition) is 1. The second kappa shape index (κ2) is 6.26. The Balaban J connectivity index is 2.14. The molecule has 0 heterocycles. The lowest BCUT2D eigenvalue weighted by Gasteiger charge is -2.18. The van der Waals surface area contributed by atoms with Crippen molar-refractivity contribution in [2.24, 2.45) is 0 Å². The number of carbonyl (C=O) groups is 1. The first-order valence-corrected chi connectivity index (χ1v) is 6.44. The van der Waals surface area contributed by atoms with Crippen molar-refractivity contribution in [1.29, 1.82) is 0 Å². The summed E-state index contributed by atoms with van der Waals surface area (Å²) >= 11 is 0. The lowest BCUT2D eigenvalue weighted by molar-refractivity contribution is 0.0784. The highest BCUT2D eigenvalue weighted by Gasteiger charge is 2.14. The maximum atomic E-state index is 13.6. The van der Waals surface area contributed by atoms with Crippen LogP contribution >= 0.6 is 0 Å². The van der Waals surface area contributed by atoms with Gasteiger partial charge in [-0.25, -0.2) is 4.39 Å². The molecule has 0 fully saturated rings. The number of benzene rings is 2. The van der Waals surface area contributed by atoms with Crippen LogP contribution in [-0.2, 0) is 6.54 Å². The van der Waals surface area contributed by atoms with Gasteiger partial charge in [0.15, 0.2) is 11.6 Å². The van der Waals surface area contributed by atoms with Crippen LogP contribution in [-0.4, -0.2) is 25.0 Å². The maximum absolute atomic E-state index is 13.6. The van der Waals surface area contributed by atoms with E-state index < -0.39 is 5.82 Å². The van der Waals surface area contributed by atoms with Gasteiger partial charge in [0.25, 0.3) is 5.91 Å². The molecule has 0 aliphatic rings. The lowest BCUT2D eigenvalue weighted by Crippen LogP contribution is -2.26. The molecule has 1 amide bonds. The molecule has 0 bridgehead atoms. The highest BCUT2D eigenvalue weighted by atomic mass is 19.1. The summed E-state index contributed by atoms with van der Waals surface area (Å²) in [7, 11) is 3.04. The van der Waals surface area contributed by atoms with Crippen molar-refractivity contribution in [3.63, 3.8) is 0 Å². The van der Waals surface area contributed by atoms with Crippen LogP contribution in [0.25, 0.3) is 0 Å². The van der Waals surface area contributed by atoms with Crippen molar-refractivity contribution in [1.82, 2.24) is 4.90 Å². The van der Waals surface area contributed by atoms with Crippen LogP contribution in [0.3, 0.4) is 0 Å². The molecule has 0 aliphatic carbocycles. The maximum Gasteiger partial charge on any atom is 0.254 e. The van der Waals surface area contributed by atoms with Gasteiger partial charge in [0.2, 0.25) is 0 Å². The number of nitrogen functional groups attached to an aromatic ring is 1. The molecule has 0 saturated carbocycles. The topological polar surface area (TPSA) is 55.6 Å². The third kappa shape index (κ3) is 3.51. The Kier molecular flexibility index (Phi) is 4.42. The number of ether oxygens (including phenoxy) is 1. The average Bonchev–Trinajstić information content (AvgIpc) is 2.46. The summed E-state index contributed by atoms with van der Waals surface area (Å²) in [6.07, 6.45) is 0. The van der Waals surface area contributed by atoms with Crippen LogP contribution in [0.2, 0.25) is 0 Å². The number of nitrogens with zero attached hydrogens (tertiary/aromatic N) is 1. The average molecular weight is 288 g/mol. The quantitative estimate of drug-likeness (QED) is 0.880. The van der Waals surface area contributed by atoms with Crippen LogP contribution in [0.4, 0.5) is 10.1 Å². The smallest absolute Gasteiger partial charge is 0.254 e. The van der Waals surface area contributed by atoms with Gasteiger partial charge in [0.05, 0.1) is 7.11 Å². The van der Waals surface area contributed by atoms with Crippen LogP contribution in [0.5, 0.6) is 5.75 Å². The molecule has 2 aromatic carbocycles. The summed E-state index contributed by atoms with van der Waals surface area (Å²) in [5, 5.41) is 0. The molecule has 2 N–H and O–H groups in total. The van der Waals surface area contributed by atoms with E-state index in [0.29, 0.717) is 12.2 Å². The minimum absolute atomic E-state index is 0.116. The summed E-state index contributed by atoms with van der Waals surface area (Å²) in [5.74, 6) is -0.704. The van der Waals surface area contributed by atoms with Crippen LogP contribution < -0.4 is 10.5 Å². The molecule has 21 heavy (non-hydrogen) atoms. The van der Waals surface area contributed by atoms with Crippen LogP contribution in [0.15, 0.2) is 42.5 Å². The number of halogens is 1. The van der Waals surface area contributed by atoms with E-state index in [-0.39, 0.29) is 17.2 Å². The molecule has 0 unspecified atom stereocenters. The second-order valence-corrected chi connectivity index (χ2v) is 4.76. The standard InChI is InChI=1S/C16H17FN2O2/c1-19(10-11-4-3-5-13(18)8-11)16(20)12-6-7-15(21-2)14(17)9-12/h3-9H,10,18H2,1-2H3. The Bertz CT molecular complexity index is 658. The fourth-order valence-corrected chi connectivity index (χ4v) is 2.06. The largest absolute Gasteiger partial charge is 0.494 e. The molecule has 0 aliphatic heterocycles. The van der Waals surface area contributed by atoms with E-state index >= 15 is 0 Å². The first-order chi connectivity index (χ1) is 10.0. The zero-order valence-corrected chi connectivity index (χ0v) is 12.0. The Morgan fingerprint density at radius 2 is 2.05 bits per heavy atom. The lowest BCUT2D eigenvalue weighted by atomic mass is 10.1. The molecule has 0 radical (unpaired) electrons. The number of methoxy groups -OCH3 is 1. The van der Waals surface area contributed by atoms with Gasteiger partial charge < -0.3 is 15.4 Å². The fraction of sp³-hybridized carbons (Fsp3) is 0.188. The zero-order valence-electron chi connectivity index (χ0n) is 12.0. The monoisotopic (exact) mass is 288 g/mol. The molecule has 0 spiro atoms. The zero-order chi connectivity index (χ0) is 15.4. The predicted molar refractivity (Wildman–Crippen MR) is 79.6 cm³/mol. The van der Waals surface area contributed by atoms with E-state index in [1.165, 1.54) is 24.1 Å². The van der Waals surface area contributed by atoms with E-state index in [0.717, 1.165) is 5.56 Å². The van der Waals surface area contributed by atoms with Gasteiger partial charge in [-0.2, -0.15) is 0 Å². The molecule has 4 nitrogen and oxygen atoms in total. The number of carbonyl (C=O) groups excluding carboxylic acids is 1. The molecule has 110 valence electrons. The fourth-order valence-electron chi connectivity index (χ4n) is 2.06. The second-order valence-electron chi connectivity index (χ2n) is 4.76. The molecular formula is C16H17FN2O2. The third-order valence-electron chi connectivity index (χ3n) is 3.12. The molecule has 5 heteroatoms. The molecule has 0 atom stereocenters. The minimum Gasteiger partial charge on any atom is -0.494 e. The van der Waals surface area contributed by atoms with E-state index in [4.69, 9.17) is 10.5 Å². The molecular weight excluding hydrogens is 271 g/mol. The van der Waals surface area contributed by atoms with Gasteiger partial charge in [0.1, 0.15) is 0 Å². The van der Waals surface area contributed by atoms with Gasteiger partial charge in [0, 0.05) is 24.8 Å². The number of rotatable bonds is 4. The Morgan fingerprint density at radius 3 is 2.67 bits per heavy atom. The van der Waals surface area contributed by atoms with Gasteiger partial charge in [-0.15, -0.1) is 0 Å². The van der Waals surface area contributed by atoms with Crippen LogP contribution in [0.1, 0.15) is 15.9 Å². The van der Waals surface area contributed by atoms with E-state index in [9.17, 15) is 9.18 Å². The first-order valence-electron chi connectivity index (χ1n) is 6.44. The minimum atomic E-state index is -0.555. The summed E-state index contributed by atoms with van der Waals surface area (Å²) in [5.41, 5.74) is 7.54. The highest BCUT2D eigenvalue weighted by molar-refractivity contribution is 5.94. The number of amides is 1. The number of anilines is 1. The molecule has 0 aromatic heterocycles. The molecule has 2 aromatic rings. The third-order valence-corrected chi connectivity index (χ3v) is 3.12. The van der Waals surface area contributed by atoms with Gasteiger partial charge >= 0.3 is 0 Å². The SMILES string of the molecule is COc1ccc(C(=O)N(C)Cc2cccc(N)c2)cc1F. The molecule has 0 saturated heterocycles. The summed E-state index contributed by atoms with van der Waals surface area (Å²) in [6.45, 7) is 0.400. The van der Waals surface area contributed by atoms with Crippen molar-refractivity contribution in [3.8, 4) is 5.75 Å². The summed E-state index contributed by atoms with van der Waals surface area (Å²) in [4.78, 5) is 13.8. The predicted octanol–water partition coefficient (Wildman–Crippen LogP) is 2.69. The van der Waals surface area contributed by atoms with Gasteiger partial charge in [-0.3, -0.25) is 4.79 Å². The van der Waals surface area contributed by atoms with E-state index in [2.05, 4.69) is 0 Å². The Labute approximate surface area is 122 Å². The van der Waals surface area contributed by atoms with Crippen LogP contribution in [0, 0.1) is 5.82 Å². The van der Waals surface area contributed by atoms with Crippen molar-refractivity contribution in [3.05, 3.63) is 59.4 Å². The van der Waals surface area contributed by atoms with Gasteiger partial charge in [-0.05, 0) is 35.9 Å². The van der Waals surface area contributed by atoms with E-state index in [1.54, 1.807) is 25.2 Å². The Morgan fingerprint density at radius 1 is 1.29 bits per heavy atom. The first kappa shape index (κ1) is 14.8. The van der Waals surface area contributed by atoms with Crippen molar-refractivity contribution in [2.45, 2.75) is 6.54 Å². The van der Waals surface area contributed by atoms with Crippen molar-refractivity contribution in [2.75, 3.05) is 19.9 Å². The van der Waals surface area contributed by atoms with Gasteiger partial charge in [-0.1, -0.05) is 12.1 Å². The normalized spacial score (nSPS) is 10.2. The summed E-state index contributed by atoms with van der Waals surface area (Å²) < 4.78 is 18.5. The highest BCUT2D eigenvalue weighted by Crippen LogP contribution is 2.19. The number of nitrogens with two attached hydrogens (primary N) is 1.